The van der Waals surface area contributed by atoms with Crippen LogP contribution in [0.2, 0.25) is 0 Å². The van der Waals surface area contributed by atoms with Gasteiger partial charge in [-0.15, -0.1) is 0 Å². The zero-order chi connectivity index (χ0) is 13.8. The van der Waals surface area contributed by atoms with Gasteiger partial charge in [-0.3, -0.25) is 9.57 Å². The highest BCUT2D eigenvalue weighted by Gasteiger charge is 2.36. The van der Waals surface area contributed by atoms with Gasteiger partial charge in [-0.1, -0.05) is 6.42 Å². The van der Waals surface area contributed by atoms with Crippen LogP contribution < -0.4 is 5.73 Å². The first kappa shape index (κ1) is 15.4. The van der Waals surface area contributed by atoms with E-state index in [0.29, 0.717) is 6.42 Å². The standard InChI is InChI=1S/C11H22N2O4S/c12-9(10(15)16)2-6-18(13,17)7-5-11(8-14)3-1-4-11/h9,13-14H,1-8,12H2,(H,15,16)/t9-,18?/m0/s1. The van der Waals surface area contributed by atoms with E-state index in [2.05, 4.69) is 0 Å². The summed E-state index contributed by atoms with van der Waals surface area (Å²) in [6.07, 6.45) is 3.56. The molecule has 106 valence electrons. The molecule has 5 N–H and O–H groups in total. The molecule has 7 heteroatoms. The van der Waals surface area contributed by atoms with Gasteiger partial charge >= 0.3 is 5.97 Å². The molecule has 0 bridgehead atoms. The molecule has 1 aliphatic carbocycles. The third-order valence-electron chi connectivity index (χ3n) is 3.79. The fraction of sp³-hybridized carbons (Fsp3) is 0.909. The molecule has 0 aromatic rings. The molecule has 1 saturated carbocycles. The number of aliphatic hydroxyl groups is 1. The lowest BCUT2D eigenvalue weighted by Gasteiger charge is -2.40. The molecule has 0 saturated heterocycles. The van der Waals surface area contributed by atoms with Crippen LogP contribution in [-0.4, -0.2) is 44.5 Å². The molecule has 0 radical (unpaired) electrons. The number of carboxylic acids is 1. The van der Waals surface area contributed by atoms with Crippen molar-refractivity contribution < 1.29 is 19.2 Å². The first-order valence-electron chi connectivity index (χ1n) is 6.14. The monoisotopic (exact) mass is 278 g/mol. The number of nitrogens with one attached hydrogen (secondary N) is 1. The lowest BCUT2D eigenvalue weighted by atomic mass is 9.68. The second-order valence-electron chi connectivity index (χ2n) is 5.22. The molecule has 0 spiro atoms. The minimum Gasteiger partial charge on any atom is -0.480 e. The van der Waals surface area contributed by atoms with Crippen molar-refractivity contribution in [3.05, 3.63) is 0 Å². The second-order valence-corrected chi connectivity index (χ2v) is 7.66. The Labute approximate surface area is 108 Å². The topological polar surface area (TPSA) is 124 Å². The van der Waals surface area contributed by atoms with Gasteiger partial charge in [0, 0.05) is 27.8 Å². The number of rotatable bonds is 8. The predicted molar refractivity (Wildman–Crippen MR) is 68.8 cm³/mol. The van der Waals surface area contributed by atoms with Gasteiger partial charge in [0.05, 0.1) is 0 Å². The van der Waals surface area contributed by atoms with Gasteiger partial charge < -0.3 is 15.9 Å². The fourth-order valence-corrected chi connectivity index (χ4v) is 3.69. The van der Waals surface area contributed by atoms with Crippen LogP contribution in [0.25, 0.3) is 0 Å². The largest absolute Gasteiger partial charge is 0.480 e. The minimum absolute atomic E-state index is 0.0158. The summed E-state index contributed by atoms with van der Waals surface area (Å²) < 4.78 is 19.7. The molecule has 18 heavy (non-hydrogen) atoms. The Bertz CT molecular complexity index is 384. The normalized spacial score (nSPS) is 22.8. The van der Waals surface area contributed by atoms with Crippen molar-refractivity contribution in [3.8, 4) is 0 Å². The third-order valence-corrected chi connectivity index (χ3v) is 5.55. The van der Waals surface area contributed by atoms with Crippen molar-refractivity contribution in [2.24, 2.45) is 11.1 Å². The van der Waals surface area contributed by atoms with Crippen molar-refractivity contribution >= 4 is 15.7 Å². The molecule has 0 amide bonds. The first-order valence-corrected chi connectivity index (χ1v) is 8.03. The van der Waals surface area contributed by atoms with E-state index in [9.17, 15) is 14.1 Å². The number of hydrogen-bond donors (Lipinski definition) is 4. The summed E-state index contributed by atoms with van der Waals surface area (Å²) >= 11 is 0. The number of nitrogens with two attached hydrogens (primary N) is 1. The van der Waals surface area contributed by atoms with Crippen molar-refractivity contribution in [1.82, 2.24) is 0 Å². The summed E-state index contributed by atoms with van der Waals surface area (Å²) in [5, 5.41) is 17.9. The molecule has 1 aliphatic rings. The van der Waals surface area contributed by atoms with Gasteiger partial charge in [0.15, 0.2) is 0 Å². The van der Waals surface area contributed by atoms with Crippen molar-refractivity contribution in [1.29, 1.82) is 4.78 Å². The van der Waals surface area contributed by atoms with Crippen molar-refractivity contribution in [3.63, 3.8) is 0 Å². The molecule has 0 aliphatic heterocycles. The van der Waals surface area contributed by atoms with Gasteiger partial charge in [-0.25, -0.2) is 4.21 Å². The fourth-order valence-electron chi connectivity index (χ4n) is 2.09. The van der Waals surface area contributed by atoms with E-state index in [4.69, 9.17) is 15.6 Å². The Morgan fingerprint density at radius 3 is 2.44 bits per heavy atom. The van der Waals surface area contributed by atoms with E-state index in [0.717, 1.165) is 19.3 Å². The van der Waals surface area contributed by atoms with E-state index in [1.165, 1.54) is 0 Å². The summed E-state index contributed by atoms with van der Waals surface area (Å²) in [5.74, 6) is -0.891. The average Bonchev–Trinajstić information content (AvgIpc) is 2.25. The van der Waals surface area contributed by atoms with Crippen LogP contribution in [0, 0.1) is 10.2 Å². The Morgan fingerprint density at radius 1 is 1.44 bits per heavy atom. The highest BCUT2D eigenvalue weighted by atomic mass is 32.2. The Kier molecular flexibility index (Phi) is 5.12. The highest BCUT2D eigenvalue weighted by Crippen LogP contribution is 2.43. The minimum atomic E-state index is -2.78. The number of carbonyl (C=O) groups is 1. The molecular formula is C11H22N2O4S. The molecular weight excluding hydrogens is 256 g/mol. The summed E-state index contributed by atoms with van der Waals surface area (Å²) in [5.41, 5.74) is 5.18. The number of aliphatic hydroxyl groups excluding tert-OH is 1. The molecule has 0 heterocycles. The first-order chi connectivity index (χ1) is 8.30. The maximum atomic E-state index is 12.0. The van der Waals surface area contributed by atoms with Crippen LogP contribution >= 0.6 is 0 Å². The Hall–Kier alpha value is -0.660. The maximum absolute atomic E-state index is 12.0. The van der Waals surface area contributed by atoms with Crippen LogP contribution in [0.1, 0.15) is 32.1 Å². The summed E-state index contributed by atoms with van der Waals surface area (Å²) in [6, 6.07) is -1.05. The number of hydrogen-bond acceptors (Lipinski definition) is 5. The second kappa shape index (κ2) is 5.99. The average molecular weight is 278 g/mol. The number of carboxylic acid groups (broad SMARTS) is 1. The van der Waals surface area contributed by atoms with Gasteiger partial charge in [-0.2, -0.15) is 0 Å². The van der Waals surface area contributed by atoms with E-state index < -0.39 is 21.7 Å². The molecule has 1 unspecified atom stereocenters. The molecule has 1 fully saturated rings. The van der Waals surface area contributed by atoms with Crippen LogP contribution in [0.4, 0.5) is 0 Å². The van der Waals surface area contributed by atoms with Crippen LogP contribution in [0.15, 0.2) is 0 Å². The predicted octanol–water partition coefficient (Wildman–Crippen LogP) is 0.388. The van der Waals surface area contributed by atoms with E-state index in [1.807, 2.05) is 0 Å². The number of aliphatic carboxylic acids is 1. The SMILES string of the molecule is N=S(=O)(CC[C@H](N)C(=O)O)CCC1(CO)CCC1. The lowest BCUT2D eigenvalue weighted by Crippen LogP contribution is -2.36. The molecule has 2 atom stereocenters. The Morgan fingerprint density at radius 2 is 2.06 bits per heavy atom. The van der Waals surface area contributed by atoms with Crippen LogP contribution in [0.3, 0.4) is 0 Å². The van der Waals surface area contributed by atoms with E-state index >= 15 is 0 Å². The highest BCUT2D eigenvalue weighted by molar-refractivity contribution is 7.92. The van der Waals surface area contributed by atoms with Crippen molar-refractivity contribution in [2.45, 2.75) is 38.1 Å². The van der Waals surface area contributed by atoms with Gasteiger partial charge in [0.2, 0.25) is 0 Å². The van der Waals surface area contributed by atoms with Gasteiger partial charge in [0.25, 0.3) is 0 Å². The van der Waals surface area contributed by atoms with Crippen LogP contribution in [-0.2, 0) is 14.5 Å². The zero-order valence-electron chi connectivity index (χ0n) is 10.4. The molecule has 0 aromatic carbocycles. The van der Waals surface area contributed by atoms with Crippen molar-refractivity contribution in [2.75, 3.05) is 18.1 Å². The lowest BCUT2D eigenvalue weighted by molar-refractivity contribution is -0.138. The van der Waals surface area contributed by atoms with E-state index in [-0.39, 0.29) is 29.9 Å². The molecule has 1 rings (SSSR count). The summed E-state index contributed by atoms with van der Waals surface area (Å²) in [6.45, 7) is 0.0805. The zero-order valence-corrected chi connectivity index (χ0v) is 11.2. The van der Waals surface area contributed by atoms with E-state index in [1.54, 1.807) is 0 Å². The molecule has 0 aromatic heterocycles. The summed E-state index contributed by atoms with van der Waals surface area (Å²) in [7, 11) is -2.78. The smallest absolute Gasteiger partial charge is 0.320 e. The van der Waals surface area contributed by atoms with Gasteiger partial charge in [0.1, 0.15) is 6.04 Å². The van der Waals surface area contributed by atoms with Gasteiger partial charge in [-0.05, 0) is 31.1 Å². The van der Waals surface area contributed by atoms with Crippen LogP contribution in [0.5, 0.6) is 0 Å². The third kappa shape index (κ3) is 4.22. The maximum Gasteiger partial charge on any atom is 0.320 e. The molecule has 6 nitrogen and oxygen atoms in total. The Balaban J connectivity index is 2.38. The quantitative estimate of drug-likeness (QED) is 0.511. The summed E-state index contributed by atoms with van der Waals surface area (Å²) in [4.78, 5) is 10.5.